The van der Waals surface area contributed by atoms with E-state index in [4.69, 9.17) is 13.5 Å². The van der Waals surface area contributed by atoms with E-state index in [-0.39, 0.29) is 25.9 Å². The summed E-state index contributed by atoms with van der Waals surface area (Å²) in [6.07, 6.45) is 2.04. The fraction of sp³-hybridized carbons (Fsp3) is 0.0690. The summed E-state index contributed by atoms with van der Waals surface area (Å²) in [5.41, 5.74) is 11.6. The normalized spacial score (nSPS) is 12.2. The van der Waals surface area contributed by atoms with Crippen molar-refractivity contribution < 1.29 is 33.0 Å². The monoisotopic (exact) mass is 1090 g/mol. The molecule has 4 nitrogen and oxygen atoms in total. The van der Waals surface area contributed by atoms with Crippen LogP contribution >= 0.6 is 0 Å². The molecule has 1 radical (unpaired) electrons. The average Bonchev–Trinajstić information content (AvgIpc) is 3.94. The molecule has 3 heterocycles. The molecule has 65 heavy (non-hydrogen) atoms. The Bertz CT molecular complexity index is 3540. The first-order valence-corrected chi connectivity index (χ1v) is 28.6. The van der Waals surface area contributed by atoms with Crippen molar-refractivity contribution in [2.75, 3.05) is 0 Å². The number of fused-ring (bicyclic) bond motifs is 4. The minimum atomic E-state index is -2.17. The summed E-state index contributed by atoms with van der Waals surface area (Å²) in [6.45, 7) is -2.17. The van der Waals surface area contributed by atoms with Gasteiger partial charge in [-0.25, -0.2) is 4.39 Å². The molecule has 11 rings (SSSR count). The number of halogens is 1. The molecule has 0 saturated carbocycles. The minimum Gasteiger partial charge on any atom is 0 e. The van der Waals surface area contributed by atoms with E-state index in [1.165, 1.54) is 10.5 Å². The summed E-state index contributed by atoms with van der Waals surface area (Å²) >= 11 is -1.72. The van der Waals surface area contributed by atoms with Gasteiger partial charge in [-0.1, -0.05) is 126 Å². The summed E-state index contributed by atoms with van der Waals surface area (Å²) in [4.78, 5) is 9.59. The van der Waals surface area contributed by atoms with Crippen LogP contribution in [0.4, 0.5) is 4.39 Å². The molecule has 0 unspecified atom stereocenters. The Kier molecular flexibility index (Phi) is 11.3. The van der Waals surface area contributed by atoms with E-state index in [2.05, 4.69) is 95.0 Å². The molecular formula is C58H44FGeIrN3O-2. The number of para-hydroxylation sites is 1. The SMILES string of the molecule is [2H]C([2H])([2H])c1ccc(-c2ccc3oc4c(-c5nc6cccc(F)c6n5-c5cc(-c6ccccc6)ccc5-c5ccccc5)[c-]ccc4c3c2)cc1.[CH3][Ge]([CH3])([CH3])[c]1ccc(-c2[c-]cccc2)nc1.[Ir]. The number of furan rings is 1. The van der Waals surface area contributed by atoms with Gasteiger partial charge in [0, 0.05) is 40.9 Å². The van der Waals surface area contributed by atoms with E-state index in [0.717, 1.165) is 61.1 Å². The Morgan fingerprint density at radius 3 is 2.05 bits per heavy atom. The molecule has 0 aliphatic heterocycles. The van der Waals surface area contributed by atoms with Crippen LogP contribution in [0.25, 0.3) is 94.7 Å². The van der Waals surface area contributed by atoms with Gasteiger partial charge in [0.25, 0.3) is 0 Å². The van der Waals surface area contributed by atoms with Gasteiger partial charge in [-0.15, -0.1) is 18.2 Å². The van der Waals surface area contributed by atoms with Gasteiger partial charge < -0.3 is 8.98 Å². The second-order valence-corrected chi connectivity index (χ2v) is 27.4. The predicted octanol–water partition coefficient (Wildman–Crippen LogP) is 14.9. The van der Waals surface area contributed by atoms with E-state index in [0.29, 0.717) is 39.2 Å². The first-order valence-electron chi connectivity index (χ1n) is 22.7. The third kappa shape index (κ3) is 8.78. The molecule has 3 aromatic heterocycles. The molecule has 8 aromatic carbocycles. The molecule has 0 spiro atoms. The minimum absolute atomic E-state index is 0. The smallest absolute Gasteiger partial charge is 0 e. The van der Waals surface area contributed by atoms with Crippen LogP contribution in [0.15, 0.2) is 199 Å². The topological polar surface area (TPSA) is 43.9 Å². The van der Waals surface area contributed by atoms with Crippen LogP contribution in [-0.4, -0.2) is 27.8 Å². The molecule has 0 saturated heterocycles. The molecule has 0 atom stereocenters. The third-order valence-electron chi connectivity index (χ3n) is 11.5. The van der Waals surface area contributed by atoms with E-state index in [1.807, 2.05) is 114 Å². The van der Waals surface area contributed by atoms with Gasteiger partial charge in [0.05, 0.1) is 22.4 Å². The van der Waals surface area contributed by atoms with Crippen molar-refractivity contribution >= 4 is 50.6 Å². The second kappa shape index (κ2) is 18.4. The average molecular weight is 1090 g/mol. The molecule has 7 heteroatoms. The number of rotatable bonds is 7. The maximum Gasteiger partial charge on any atom is 0 e. The van der Waals surface area contributed by atoms with Crippen LogP contribution in [0, 0.1) is 24.8 Å². The van der Waals surface area contributed by atoms with Crippen molar-refractivity contribution in [3.05, 3.63) is 218 Å². The standard InChI is InChI=1S/C44H28FN2O.C14H16GeN.Ir/c1-28-18-20-30(21-19-28)32-23-25-41-37(26-32)35-14-8-15-36(43(35)48-41)44-46-39-17-9-16-38(45)42(39)47(44)40-27-33(29-10-4-2-5-11-29)22-24-34(40)31-12-6-3-7-13-31;1-15(2,3)13-9-10-14(16-11-13)12-7-5-4-6-8-12;/h2-14,16-27H,1H3;4-7,9-11H,1-3H3;/q2*-1;/i1D3;;. The van der Waals surface area contributed by atoms with Crippen LogP contribution in [0.5, 0.6) is 0 Å². The summed E-state index contributed by atoms with van der Waals surface area (Å²) < 4.78 is 49.2. The van der Waals surface area contributed by atoms with Crippen molar-refractivity contribution in [3.63, 3.8) is 0 Å². The maximum atomic E-state index is 16.1. The Labute approximate surface area is 399 Å². The van der Waals surface area contributed by atoms with Gasteiger partial charge in [-0.2, -0.15) is 0 Å². The van der Waals surface area contributed by atoms with Crippen molar-refractivity contribution in [2.24, 2.45) is 0 Å². The third-order valence-corrected chi connectivity index (χ3v) is 15.8. The number of benzene rings is 8. The number of hydrogen-bond acceptors (Lipinski definition) is 3. The van der Waals surface area contributed by atoms with Crippen molar-refractivity contribution in [3.8, 4) is 61.7 Å². The van der Waals surface area contributed by atoms with Crippen molar-refractivity contribution in [1.82, 2.24) is 14.5 Å². The Morgan fingerprint density at radius 2 is 1.34 bits per heavy atom. The fourth-order valence-corrected chi connectivity index (χ4v) is 10.3. The maximum absolute atomic E-state index is 16.1. The number of aryl methyl sites for hydroxylation is 1. The summed E-state index contributed by atoms with van der Waals surface area (Å²) in [5, 5.41) is 1.75. The van der Waals surface area contributed by atoms with Crippen LogP contribution < -0.4 is 4.40 Å². The van der Waals surface area contributed by atoms with Crippen molar-refractivity contribution in [1.29, 1.82) is 0 Å². The predicted molar refractivity (Wildman–Crippen MR) is 265 cm³/mol. The van der Waals surface area contributed by atoms with Gasteiger partial charge in [-0.3, -0.25) is 4.98 Å². The van der Waals surface area contributed by atoms with Crippen LogP contribution in [0.2, 0.25) is 17.3 Å². The number of pyridine rings is 1. The zero-order valence-electron chi connectivity index (χ0n) is 38.9. The second-order valence-electron chi connectivity index (χ2n) is 16.8. The van der Waals surface area contributed by atoms with Crippen LogP contribution in [-0.2, 0) is 20.1 Å². The molecule has 0 N–H and O–H groups in total. The Hall–Kier alpha value is -6.70. The van der Waals surface area contributed by atoms with E-state index in [1.54, 1.807) is 18.2 Å². The van der Waals surface area contributed by atoms with E-state index < -0.39 is 20.1 Å². The summed E-state index contributed by atoms with van der Waals surface area (Å²) in [6, 6.07) is 67.0. The van der Waals surface area contributed by atoms with Gasteiger partial charge in [0.1, 0.15) is 11.4 Å². The molecule has 0 amide bonds. The quantitative estimate of drug-likeness (QED) is 0.118. The van der Waals surface area contributed by atoms with Gasteiger partial charge >= 0.3 is 99.8 Å². The van der Waals surface area contributed by atoms with Crippen LogP contribution in [0.1, 0.15) is 9.68 Å². The van der Waals surface area contributed by atoms with Gasteiger partial charge in [0.2, 0.25) is 0 Å². The van der Waals surface area contributed by atoms with Gasteiger partial charge in [-0.05, 0) is 65.0 Å². The number of aromatic nitrogens is 3. The molecule has 0 aliphatic rings. The molecule has 319 valence electrons. The molecule has 0 aliphatic carbocycles. The largest absolute Gasteiger partial charge is 0 e. The Morgan fingerprint density at radius 1 is 0.631 bits per heavy atom. The molecule has 0 bridgehead atoms. The number of imidazole rings is 1. The molecule has 11 aromatic rings. The van der Waals surface area contributed by atoms with E-state index >= 15 is 4.39 Å². The molecule has 0 fully saturated rings. The number of nitrogens with zero attached hydrogens (tertiary/aromatic N) is 3. The van der Waals surface area contributed by atoms with Crippen molar-refractivity contribution in [2.45, 2.75) is 24.1 Å². The van der Waals surface area contributed by atoms with Crippen LogP contribution in [0.3, 0.4) is 0 Å². The van der Waals surface area contributed by atoms with E-state index in [9.17, 15) is 0 Å². The molecular weight excluding hydrogens is 1040 g/mol. The summed E-state index contributed by atoms with van der Waals surface area (Å²) in [5.74, 6) is 7.26. The fourth-order valence-electron chi connectivity index (χ4n) is 8.18. The first kappa shape index (κ1) is 39.9. The number of hydrogen-bond donors (Lipinski definition) is 0. The zero-order valence-corrected chi connectivity index (χ0v) is 40.4. The van der Waals surface area contributed by atoms with Gasteiger partial charge in [0.15, 0.2) is 0 Å². The summed E-state index contributed by atoms with van der Waals surface area (Å²) in [7, 11) is 0. The zero-order chi connectivity index (χ0) is 46.3. The Balaban J connectivity index is 0.000000289. The first-order chi connectivity index (χ1) is 32.4.